The smallest absolute Gasteiger partial charge is 0.119 e. The Hall–Kier alpha value is -1.97. The van der Waals surface area contributed by atoms with Crippen LogP contribution in [0.1, 0.15) is 23.2 Å². The number of fused-ring (bicyclic) bond motifs is 4. The zero-order valence-corrected chi connectivity index (χ0v) is 16.6. The number of ether oxygens (including phenoxy) is 1. The first-order chi connectivity index (χ1) is 13.1. The van der Waals surface area contributed by atoms with E-state index < -0.39 is 0 Å². The van der Waals surface area contributed by atoms with E-state index in [0.717, 1.165) is 42.2 Å². The molecule has 0 bridgehead atoms. The molecule has 140 valence electrons. The Balaban J connectivity index is 1.68. The molecule has 3 aromatic rings. The molecule has 1 aliphatic heterocycles. The number of piperidine rings is 1. The van der Waals surface area contributed by atoms with Crippen LogP contribution in [-0.4, -0.2) is 37.1 Å². The molecule has 1 fully saturated rings. The number of H-pyrrole nitrogens is 1. The Morgan fingerprint density at radius 1 is 1.22 bits per heavy atom. The highest BCUT2D eigenvalue weighted by Crippen LogP contribution is 2.49. The molecule has 3 nitrogen and oxygen atoms in total. The summed E-state index contributed by atoms with van der Waals surface area (Å²) >= 11 is 6.49. The van der Waals surface area contributed by atoms with Gasteiger partial charge in [-0.1, -0.05) is 35.9 Å². The highest BCUT2D eigenvalue weighted by atomic mass is 35.5. The molecule has 1 aliphatic carbocycles. The van der Waals surface area contributed by atoms with Gasteiger partial charge in [-0.05, 0) is 68.1 Å². The van der Waals surface area contributed by atoms with E-state index >= 15 is 0 Å². The first-order valence-corrected chi connectivity index (χ1v) is 10.1. The van der Waals surface area contributed by atoms with E-state index in [9.17, 15) is 0 Å². The Kier molecular flexibility index (Phi) is 3.99. The number of hydrogen-bond donors (Lipinski definition) is 1. The first-order valence-electron chi connectivity index (χ1n) is 9.72. The van der Waals surface area contributed by atoms with Crippen molar-refractivity contribution in [2.24, 2.45) is 5.92 Å². The molecular formula is C23H25ClN2O. The third kappa shape index (κ3) is 2.60. The van der Waals surface area contributed by atoms with Crippen LogP contribution in [0.25, 0.3) is 10.9 Å². The van der Waals surface area contributed by atoms with Crippen molar-refractivity contribution in [3.05, 3.63) is 64.3 Å². The summed E-state index contributed by atoms with van der Waals surface area (Å²) in [5.41, 5.74) is 5.49. The molecule has 0 amide bonds. The Morgan fingerprint density at radius 3 is 2.93 bits per heavy atom. The largest absolute Gasteiger partial charge is 0.497 e. The molecule has 0 radical (unpaired) electrons. The zero-order valence-electron chi connectivity index (χ0n) is 15.9. The van der Waals surface area contributed by atoms with Crippen molar-refractivity contribution in [2.45, 2.75) is 24.7 Å². The molecule has 5 rings (SSSR count). The van der Waals surface area contributed by atoms with Crippen molar-refractivity contribution >= 4 is 22.5 Å². The quantitative estimate of drug-likeness (QED) is 0.690. The molecule has 2 heterocycles. The molecule has 27 heavy (non-hydrogen) atoms. The number of aromatic amines is 1. The summed E-state index contributed by atoms with van der Waals surface area (Å²) in [5.74, 6) is 1.54. The third-order valence-electron chi connectivity index (χ3n) is 6.82. The summed E-state index contributed by atoms with van der Waals surface area (Å²) in [5, 5.41) is 2.11. The van der Waals surface area contributed by atoms with Crippen LogP contribution in [0.2, 0.25) is 5.02 Å². The van der Waals surface area contributed by atoms with Gasteiger partial charge in [-0.2, -0.15) is 0 Å². The fraction of sp³-hybridized carbons (Fsp3) is 0.391. The van der Waals surface area contributed by atoms with Gasteiger partial charge in [0.15, 0.2) is 0 Å². The second kappa shape index (κ2) is 6.29. The van der Waals surface area contributed by atoms with Gasteiger partial charge in [-0.25, -0.2) is 0 Å². The Bertz CT molecular complexity index is 1010. The maximum atomic E-state index is 6.49. The van der Waals surface area contributed by atoms with Crippen molar-refractivity contribution < 1.29 is 4.74 Å². The van der Waals surface area contributed by atoms with Gasteiger partial charge < -0.3 is 14.6 Å². The average molecular weight is 381 g/mol. The molecule has 1 saturated heterocycles. The second-order valence-electron chi connectivity index (χ2n) is 8.22. The van der Waals surface area contributed by atoms with Gasteiger partial charge in [0.1, 0.15) is 5.75 Å². The van der Waals surface area contributed by atoms with Crippen molar-refractivity contribution in [3.8, 4) is 5.75 Å². The predicted molar refractivity (Wildman–Crippen MR) is 111 cm³/mol. The fourth-order valence-electron chi connectivity index (χ4n) is 5.38. The van der Waals surface area contributed by atoms with E-state index in [1.807, 2.05) is 12.1 Å². The highest BCUT2D eigenvalue weighted by Gasteiger charge is 2.47. The lowest BCUT2D eigenvalue weighted by atomic mass is 9.59. The van der Waals surface area contributed by atoms with Gasteiger partial charge in [-0.15, -0.1) is 0 Å². The normalized spacial score (nSPS) is 25.2. The van der Waals surface area contributed by atoms with Crippen LogP contribution in [0.4, 0.5) is 0 Å². The summed E-state index contributed by atoms with van der Waals surface area (Å²) in [6.45, 7) is 2.26. The van der Waals surface area contributed by atoms with E-state index in [1.165, 1.54) is 28.6 Å². The maximum Gasteiger partial charge on any atom is 0.119 e. The number of likely N-dealkylation sites (tertiary alicyclic amines) is 1. The number of nitrogens with zero attached hydrogens (tertiary/aromatic N) is 1. The summed E-state index contributed by atoms with van der Waals surface area (Å²) < 4.78 is 5.54. The molecule has 1 unspecified atom stereocenters. The minimum atomic E-state index is 0.154. The first kappa shape index (κ1) is 17.2. The average Bonchev–Trinajstić information content (AvgIpc) is 3.05. The van der Waals surface area contributed by atoms with Crippen LogP contribution in [0, 0.1) is 5.92 Å². The van der Waals surface area contributed by atoms with E-state index in [1.54, 1.807) is 7.11 Å². The number of nitrogens with one attached hydrogen (secondary N) is 1. The highest BCUT2D eigenvalue weighted by molar-refractivity contribution is 6.35. The summed E-state index contributed by atoms with van der Waals surface area (Å²) in [4.78, 5) is 6.16. The van der Waals surface area contributed by atoms with Crippen molar-refractivity contribution in [3.63, 3.8) is 0 Å². The van der Waals surface area contributed by atoms with Gasteiger partial charge in [0.05, 0.1) is 17.6 Å². The standard InChI is InChI=1S/C23H25ClN2O/c1-26-10-9-23(15-5-3-6-17(11-15)27-2)13-21-19(12-16(23)14-26)18-7-4-8-20(24)22(18)25-21/h3-8,11,16,25H,9-10,12-14H2,1-2H3/t16?,23-/m1/s1. The van der Waals surface area contributed by atoms with Crippen molar-refractivity contribution in [1.82, 2.24) is 9.88 Å². The number of benzene rings is 2. The van der Waals surface area contributed by atoms with Crippen LogP contribution in [0.5, 0.6) is 5.75 Å². The van der Waals surface area contributed by atoms with Crippen LogP contribution in [0.3, 0.4) is 0 Å². The Morgan fingerprint density at radius 2 is 2.07 bits per heavy atom. The zero-order chi connectivity index (χ0) is 18.6. The topological polar surface area (TPSA) is 28.3 Å². The number of methoxy groups -OCH3 is 1. The second-order valence-corrected chi connectivity index (χ2v) is 8.63. The van der Waals surface area contributed by atoms with Crippen LogP contribution < -0.4 is 4.74 Å². The monoisotopic (exact) mass is 380 g/mol. The lowest BCUT2D eigenvalue weighted by Gasteiger charge is -2.50. The Labute approximate surface area is 165 Å². The van der Waals surface area contributed by atoms with Crippen LogP contribution in [-0.2, 0) is 18.3 Å². The fourth-order valence-corrected chi connectivity index (χ4v) is 5.60. The molecule has 4 heteroatoms. The van der Waals surface area contributed by atoms with E-state index in [0.29, 0.717) is 5.92 Å². The van der Waals surface area contributed by atoms with Crippen molar-refractivity contribution in [2.75, 3.05) is 27.2 Å². The molecule has 2 aromatic carbocycles. The third-order valence-corrected chi connectivity index (χ3v) is 7.13. The van der Waals surface area contributed by atoms with Gasteiger partial charge >= 0.3 is 0 Å². The maximum absolute atomic E-state index is 6.49. The molecule has 0 spiro atoms. The minimum Gasteiger partial charge on any atom is -0.497 e. The predicted octanol–water partition coefficient (Wildman–Crippen LogP) is 4.82. The summed E-state index contributed by atoms with van der Waals surface area (Å²) in [6, 6.07) is 15.0. The van der Waals surface area contributed by atoms with Gasteiger partial charge in [-0.3, -0.25) is 0 Å². The molecule has 2 atom stereocenters. The molecular weight excluding hydrogens is 356 g/mol. The molecule has 0 saturated carbocycles. The minimum absolute atomic E-state index is 0.154. The number of para-hydroxylation sites is 1. The van der Waals surface area contributed by atoms with E-state index in [4.69, 9.17) is 16.3 Å². The molecule has 1 aromatic heterocycles. The van der Waals surface area contributed by atoms with Gasteiger partial charge in [0.25, 0.3) is 0 Å². The van der Waals surface area contributed by atoms with E-state index in [-0.39, 0.29) is 5.41 Å². The lowest BCUT2D eigenvalue weighted by molar-refractivity contribution is 0.0994. The van der Waals surface area contributed by atoms with Crippen LogP contribution in [0.15, 0.2) is 42.5 Å². The lowest BCUT2D eigenvalue weighted by Crippen LogP contribution is -2.52. The van der Waals surface area contributed by atoms with Gasteiger partial charge in [0, 0.05) is 23.0 Å². The van der Waals surface area contributed by atoms with Crippen LogP contribution >= 0.6 is 11.6 Å². The number of aromatic nitrogens is 1. The SMILES string of the molecule is COc1cccc([C@]23CCN(C)CC2Cc2c([nH]c4c(Cl)cccc24)C3)c1. The molecule has 2 aliphatic rings. The van der Waals surface area contributed by atoms with E-state index in [2.05, 4.69) is 47.3 Å². The summed E-state index contributed by atoms with van der Waals surface area (Å²) in [6.07, 6.45) is 3.31. The number of hydrogen-bond acceptors (Lipinski definition) is 2. The van der Waals surface area contributed by atoms with Crippen molar-refractivity contribution in [1.29, 1.82) is 0 Å². The van der Waals surface area contributed by atoms with Gasteiger partial charge in [0.2, 0.25) is 0 Å². The summed E-state index contributed by atoms with van der Waals surface area (Å²) in [7, 11) is 4.00. The molecule has 1 N–H and O–H groups in total. The number of rotatable bonds is 2. The number of halogens is 1.